The number of halogens is 1. The van der Waals surface area contributed by atoms with Crippen molar-refractivity contribution in [2.45, 2.75) is 44.2 Å². The highest BCUT2D eigenvalue weighted by atomic mass is 19.1. The minimum Gasteiger partial charge on any atom is -0.491 e. The fourth-order valence-electron chi connectivity index (χ4n) is 2.67. The van der Waals surface area contributed by atoms with Crippen LogP contribution in [0, 0.1) is 5.82 Å². The lowest BCUT2D eigenvalue weighted by molar-refractivity contribution is 0.160. The van der Waals surface area contributed by atoms with E-state index >= 15 is 0 Å². The molecule has 1 aliphatic carbocycles. The van der Waals surface area contributed by atoms with Crippen LogP contribution < -0.4 is 15.4 Å². The Labute approximate surface area is 129 Å². The maximum Gasteiger partial charge on any atom is 0.315 e. The summed E-state index contributed by atoms with van der Waals surface area (Å²) in [6.07, 6.45) is 3.64. The van der Waals surface area contributed by atoms with Gasteiger partial charge in [0, 0.05) is 0 Å². The molecule has 1 unspecified atom stereocenters. The summed E-state index contributed by atoms with van der Waals surface area (Å²) in [4.78, 5) is 12.0. The van der Waals surface area contributed by atoms with Gasteiger partial charge in [0.2, 0.25) is 0 Å². The van der Waals surface area contributed by atoms with E-state index in [0.29, 0.717) is 5.75 Å². The van der Waals surface area contributed by atoms with Crippen LogP contribution in [0.4, 0.5) is 9.18 Å². The standard InChI is InChI=1S/C16H23FN2O3/c1-12(10-22-14-6-4-13(17)5-7-14)18-15(21)19-16(11-20)8-2-3-9-16/h4-7,12,20H,2-3,8-11H2,1H3,(H2,18,19,21). The Morgan fingerprint density at radius 1 is 1.36 bits per heavy atom. The van der Waals surface area contributed by atoms with Crippen molar-refractivity contribution < 1.29 is 19.0 Å². The van der Waals surface area contributed by atoms with Crippen molar-refractivity contribution in [2.75, 3.05) is 13.2 Å². The summed E-state index contributed by atoms with van der Waals surface area (Å²) >= 11 is 0. The molecule has 22 heavy (non-hydrogen) atoms. The Morgan fingerprint density at radius 2 is 2.00 bits per heavy atom. The van der Waals surface area contributed by atoms with Crippen LogP contribution >= 0.6 is 0 Å². The number of amides is 2. The molecule has 1 fully saturated rings. The molecule has 0 spiro atoms. The Kier molecular flexibility index (Phi) is 5.60. The first-order chi connectivity index (χ1) is 10.5. The van der Waals surface area contributed by atoms with Crippen molar-refractivity contribution in [1.82, 2.24) is 10.6 Å². The molecular formula is C16H23FN2O3. The molecule has 122 valence electrons. The third kappa shape index (κ3) is 4.59. The summed E-state index contributed by atoms with van der Waals surface area (Å²) < 4.78 is 18.3. The number of ether oxygens (including phenoxy) is 1. The molecule has 1 atom stereocenters. The number of benzene rings is 1. The molecule has 1 aromatic carbocycles. The summed E-state index contributed by atoms with van der Waals surface area (Å²) in [5, 5.41) is 15.1. The van der Waals surface area contributed by atoms with Gasteiger partial charge in [0.15, 0.2) is 0 Å². The Morgan fingerprint density at radius 3 is 2.59 bits per heavy atom. The number of rotatable bonds is 6. The van der Waals surface area contributed by atoms with E-state index in [2.05, 4.69) is 10.6 Å². The smallest absolute Gasteiger partial charge is 0.315 e. The third-order valence-electron chi connectivity index (χ3n) is 3.93. The molecule has 5 nitrogen and oxygen atoms in total. The summed E-state index contributed by atoms with van der Waals surface area (Å²) in [5.41, 5.74) is -0.485. The van der Waals surface area contributed by atoms with Gasteiger partial charge in [-0.1, -0.05) is 12.8 Å². The van der Waals surface area contributed by atoms with Gasteiger partial charge >= 0.3 is 6.03 Å². The van der Waals surface area contributed by atoms with Crippen LogP contribution in [0.15, 0.2) is 24.3 Å². The fourth-order valence-corrected chi connectivity index (χ4v) is 2.67. The lowest BCUT2D eigenvalue weighted by Crippen LogP contribution is -2.54. The zero-order valence-corrected chi connectivity index (χ0v) is 12.8. The first-order valence-corrected chi connectivity index (χ1v) is 7.61. The largest absolute Gasteiger partial charge is 0.491 e. The molecule has 1 saturated carbocycles. The number of hydrogen-bond acceptors (Lipinski definition) is 3. The number of carbonyl (C=O) groups is 1. The average molecular weight is 310 g/mol. The number of hydrogen-bond donors (Lipinski definition) is 3. The van der Waals surface area contributed by atoms with E-state index < -0.39 is 5.54 Å². The van der Waals surface area contributed by atoms with Crippen molar-refractivity contribution >= 4 is 6.03 Å². The van der Waals surface area contributed by atoms with E-state index in [1.807, 2.05) is 6.92 Å². The Bertz CT molecular complexity index is 487. The highest BCUT2D eigenvalue weighted by Crippen LogP contribution is 2.28. The van der Waals surface area contributed by atoms with Gasteiger partial charge in [0.05, 0.1) is 18.2 Å². The van der Waals surface area contributed by atoms with Gasteiger partial charge in [-0.2, -0.15) is 0 Å². The summed E-state index contributed by atoms with van der Waals surface area (Å²) in [5.74, 6) is 0.238. The third-order valence-corrected chi connectivity index (χ3v) is 3.93. The van der Waals surface area contributed by atoms with Crippen molar-refractivity contribution in [3.8, 4) is 5.75 Å². The molecular weight excluding hydrogens is 287 g/mol. The van der Waals surface area contributed by atoms with Crippen molar-refractivity contribution in [1.29, 1.82) is 0 Å². The minimum atomic E-state index is -0.485. The highest BCUT2D eigenvalue weighted by molar-refractivity contribution is 5.75. The van der Waals surface area contributed by atoms with E-state index in [4.69, 9.17) is 4.74 Å². The molecule has 1 aliphatic rings. The van der Waals surface area contributed by atoms with E-state index in [1.54, 1.807) is 12.1 Å². The summed E-state index contributed by atoms with van der Waals surface area (Å²) in [6, 6.07) is 5.23. The first-order valence-electron chi connectivity index (χ1n) is 7.61. The number of aliphatic hydroxyl groups is 1. The van der Waals surface area contributed by atoms with Gasteiger partial charge < -0.3 is 20.5 Å². The minimum absolute atomic E-state index is 0.0408. The molecule has 2 amide bonds. The van der Waals surface area contributed by atoms with Crippen molar-refractivity contribution in [3.05, 3.63) is 30.1 Å². The van der Waals surface area contributed by atoms with E-state index in [0.717, 1.165) is 25.7 Å². The molecule has 1 aromatic rings. The van der Waals surface area contributed by atoms with Gasteiger partial charge in [-0.15, -0.1) is 0 Å². The summed E-state index contributed by atoms with van der Waals surface area (Å²) in [6.45, 7) is 2.06. The molecule has 0 saturated heterocycles. The lowest BCUT2D eigenvalue weighted by atomic mass is 9.99. The van der Waals surface area contributed by atoms with Crippen LogP contribution in [0.2, 0.25) is 0 Å². The molecule has 0 bridgehead atoms. The van der Waals surface area contributed by atoms with Crippen LogP contribution in [-0.4, -0.2) is 35.9 Å². The molecule has 3 N–H and O–H groups in total. The van der Waals surface area contributed by atoms with E-state index in [9.17, 15) is 14.3 Å². The van der Waals surface area contributed by atoms with E-state index in [1.165, 1.54) is 12.1 Å². The second kappa shape index (κ2) is 7.45. The molecule has 0 radical (unpaired) electrons. The maximum atomic E-state index is 12.8. The van der Waals surface area contributed by atoms with Crippen LogP contribution in [0.1, 0.15) is 32.6 Å². The number of carbonyl (C=O) groups excluding carboxylic acids is 1. The first kappa shape index (κ1) is 16.5. The van der Waals surface area contributed by atoms with Crippen LogP contribution in [0.25, 0.3) is 0 Å². The van der Waals surface area contributed by atoms with Crippen LogP contribution in [-0.2, 0) is 0 Å². The molecule has 6 heteroatoms. The zero-order valence-electron chi connectivity index (χ0n) is 12.8. The zero-order chi connectivity index (χ0) is 16.0. The van der Waals surface area contributed by atoms with Gasteiger partial charge in [-0.25, -0.2) is 9.18 Å². The molecule has 0 aromatic heterocycles. The number of nitrogens with one attached hydrogen (secondary N) is 2. The van der Waals surface area contributed by atoms with Gasteiger partial charge in [-0.3, -0.25) is 0 Å². The predicted molar refractivity (Wildman–Crippen MR) is 81.3 cm³/mol. The maximum absolute atomic E-state index is 12.8. The van der Waals surface area contributed by atoms with Crippen molar-refractivity contribution in [3.63, 3.8) is 0 Å². The van der Waals surface area contributed by atoms with Crippen molar-refractivity contribution in [2.24, 2.45) is 0 Å². The normalized spacial score (nSPS) is 17.8. The number of urea groups is 1. The fraction of sp³-hybridized carbons (Fsp3) is 0.562. The molecule has 2 rings (SSSR count). The average Bonchev–Trinajstić information content (AvgIpc) is 2.95. The second-order valence-electron chi connectivity index (χ2n) is 5.91. The van der Waals surface area contributed by atoms with Crippen LogP contribution in [0.5, 0.6) is 5.75 Å². The van der Waals surface area contributed by atoms with Crippen LogP contribution in [0.3, 0.4) is 0 Å². The topological polar surface area (TPSA) is 70.6 Å². The highest BCUT2D eigenvalue weighted by Gasteiger charge is 2.34. The number of aliphatic hydroxyl groups excluding tert-OH is 1. The SMILES string of the molecule is CC(COc1ccc(F)cc1)NC(=O)NC1(CO)CCCC1. The lowest BCUT2D eigenvalue weighted by Gasteiger charge is -2.28. The Balaban J connectivity index is 1.75. The van der Waals surface area contributed by atoms with E-state index in [-0.39, 0.29) is 31.1 Å². The predicted octanol–water partition coefficient (Wildman–Crippen LogP) is 2.20. The van der Waals surface area contributed by atoms with Gasteiger partial charge in [0.1, 0.15) is 18.2 Å². The van der Waals surface area contributed by atoms with Gasteiger partial charge in [0.25, 0.3) is 0 Å². The monoisotopic (exact) mass is 310 g/mol. The molecule has 0 heterocycles. The Hall–Kier alpha value is -1.82. The summed E-state index contributed by atoms with van der Waals surface area (Å²) in [7, 11) is 0. The van der Waals surface area contributed by atoms with Gasteiger partial charge in [-0.05, 0) is 44.0 Å². The molecule has 0 aliphatic heterocycles. The quantitative estimate of drug-likeness (QED) is 0.754. The second-order valence-corrected chi connectivity index (χ2v) is 5.91.